The Morgan fingerprint density at radius 3 is 2.58 bits per heavy atom. The Hall–Kier alpha value is -1.57. The molecule has 9 heteroatoms. The van der Waals surface area contributed by atoms with E-state index >= 15 is 0 Å². The minimum atomic E-state index is -1.45. The lowest BCUT2D eigenvalue weighted by molar-refractivity contribution is 0.242. The van der Waals surface area contributed by atoms with E-state index in [4.69, 9.17) is 27.9 Å². The Morgan fingerprint density at radius 2 is 2.04 bits per heavy atom. The standard InChI is InChI=1S/C15H17Cl2N3O3S/c1-5-6-19-14(24(4)22)18-20(15(19)21)12-8-13(23-9(2)3)11(17)7-10(12)16/h5,7-9H,1,6H2,2-4H3. The molecule has 1 aromatic heterocycles. The summed E-state index contributed by atoms with van der Waals surface area (Å²) in [6.07, 6.45) is 2.87. The second-order valence-corrected chi connectivity index (χ2v) is 7.32. The lowest BCUT2D eigenvalue weighted by Crippen LogP contribution is -2.24. The van der Waals surface area contributed by atoms with Crippen LogP contribution in [0.2, 0.25) is 10.0 Å². The molecule has 0 amide bonds. The number of hydrogen-bond acceptors (Lipinski definition) is 4. The van der Waals surface area contributed by atoms with Crippen LogP contribution in [0.5, 0.6) is 5.75 Å². The van der Waals surface area contributed by atoms with Crippen molar-refractivity contribution >= 4 is 34.0 Å². The Balaban J connectivity index is 2.68. The third-order valence-electron chi connectivity index (χ3n) is 2.99. The van der Waals surface area contributed by atoms with Crippen molar-refractivity contribution in [3.63, 3.8) is 0 Å². The first-order valence-electron chi connectivity index (χ1n) is 7.06. The smallest absolute Gasteiger partial charge is 0.351 e. The van der Waals surface area contributed by atoms with Gasteiger partial charge in [-0.15, -0.1) is 11.7 Å². The van der Waals surface area contributed by atoms with Crippen LogP contribution in [0, 0.1) is 0 Å². The molecule has 0 radical (unpaired) electrons. The molecule has 0 saturated carbocycles. The van der Waals surface area contributed by atoms with Gasteiger partial charge in [-0.2, -0.15) is 4.68 Å². The van der Waals surface area contributed by atoms with Crippen molar-refractivity contribution in [1.29, 1.82) is 0 Å². The molecular formula is C15H17Cl2N3O3S. The zero-order chi connectivity index (χ0) is 18.0. The molecule has 6 nitrogen and oxygen atoms in total. The third kappa shape index (κ3) is 3.74. The van der Waals surface area contributed by atoms with Gasteiger partial charge in [0.15, 0.2) is 0 Å². The SMILES string of the molecule is C=CCn1c(S(C)=O)nn(-c2cc(OC(C)C)c(Cl)cc2Cl)c1=O. The van der Waals surface area contributed by atoms with Gasteiger partial charge < -0.3 is 4.74 Å². The van der Waals surface area contributed by atoms with Gasteiger partial charge in [-0.05, 0) is 19.9 Å². The highest BCUT2D eigenvalue weighted by Crippen LogP contribution is 2.33. The maximum absolute atomic E-state index is 12.6. The second kappa shape index (κ2) is 7.55. The molecule has 1 aromatic carbocycles. The summed E-state index contributed by atoms with van der Waals surface area (Å²) in [6, 6.07) is 3.03. The van der Waals surface area contributed by atoms with E-state index in [9.17, 15) is 9.00 Å². The number of rotatable bonds is 6. The van der Waals surface area contributed by atoms with E-state index in [0.717, 1.165) is 4.68 Å². The van der Waals surface area contributed by atoms with Crippen LogP contribution < -0.4 is 10.4 Å². The molecule has 130 valence electrons. The van der Waals surface area contributed by atoms with Crippen LogP contribution >= 0.6 is 23.2 Å². The largest absolute Gasteiger partial charge is 0.489 e. The Morgan fingerprint density at radius 1 is 1.38 bits per heavy atom. The maximum Gasteiger partial charge on any atom is 0.351 e. The van der Waals surface area contributed by atoms with Crippen molar-refractivity contribution in [3.05, 3.63) is 45.3 Å². The molecule has 0 saturated heterocycles. The molecule has 0 aliphatic rings. The van der Waals surface area contributed by atoms with E-state index in [1.807, 2.05) is 13.8 Å². The number of halogens is 2. The van der Waals surface area contributed by atoms with Crippen molar-refractivity contribution in [2.45, 2.75) is 31.7 Å². The Labute approximate surface area is 152 Å². The van der Waals surface area contributed by atoms with Crippen molar-refractivity contribution in [1.82, 2.24) is 14.3 Å². The molecule has 0 aliphatic carbocycles. The van der Waals surface area contributed by atoms with Crippen LogP contribution in [-0.4, -0.2) is 30.9 Å². The first-order chi connectivity index (χ1) is 11.3. The Bertz CT molecular complexity index is 858. The number of hydrogen-bond donors (Lipinski definition) is 0. The first kappa shape index (κ1) is 18.8. The summed E-state index contributed by atoms with van der Waals surface area (Å²) in [5, 5.41) is 4.84. The molecule has 1 unspecified atom stereocenters. The average Bonchev–Trinajstić information content (AvgIpc) is 2.80. The summed E-state index contributed by atoms with van der Waals surface area (Å²) in [5.74, 6) is 0.385. The predicted octanol–water partition coefficient (Wildman–Crippen LogP) is 3.05. The van der Waals surface area contributed by atoms with Crippen molar-refractivity contribution in [2.75, 3.05) is 6.26 Å². The monoisotopic (exact) mass is 389 g/mol. The molecule has 24 heavy (non-hydrogen) atoms. The van der Waals surface area contributed by atoms with E-state index in [0.29, 0.717) is 16.5 Å². The van der Waals surface area contributed by atoms with Gasteiger partial charge in [-0.1, -0.05) is 29.3 Å². The van der Waals surface area contributed by atoms with Gasteiger partial charge in [0.05, 0.1) is 32.6 Å². The molecule has 0 bridgehead atoms. The normalized spacial score (nSPS) is 12.4. The third-order valence-corrected chi connectivity index (χ3v) is 4.40. The van der Waals surface area contributed by atoms with Crippen molar-refractivity contribution in [2.24, 2.45) is 0 Å². The molecule has 1 heterocycles. The van der Waals surface area contributed by atoms with Gasteiger partial charge in [-0.25, -0.2) is 4.79 Å². The minimum Gasteiger partial charge on any atom is -0.489 e. The summed E-state index contributed by atoms with van der Waals surface area (Å²) in [6.45, 7) is 7.50. The van der Waals surface area contributed by atoms with Gasteiger partial charge in [0.2, 0.25) is 5.16 Å². The van der Waals surface area contributed by atoms with E-state index in [1.165, 1.54) is 23.0 Å². The highest BCUT2D eigenvalue weighted by Gasteiger charge is 2.20. The summed E-state index contributed by atoms with van der Waals surface area (Å²) in [5.41, 5.74) is -0.170. The van der Waals surface area contributed by atoms with Crippen molar-refractivity contribution < 1.29 is 8.95 Å². The number of nitrogens with zero attached hydrogens (tertiary/aromatic N) is 3. The van der Waals surface area contributed by atoms with E-state index < -0.39 is 16.5 Å². The lowest BCUT2D eigenvalue weighted by Gasteiger charge is -2.13. The van der Waals surface area contributed by atoms with Crippen molar-refractivity contribution in [3.8, 4) is 11.4 Å². The summed E-state index contributed by atoms with van der Waals surface area (Å²) in [7, 11) is -1.45. The van der Waals surface area contributed by atoms with Crippen LogP contribution in [0.15, 0.2) is 34.7 Å². The highest BCUT2D eigenvalue weighted by atomic mass is 35.5. The van der Waals surface area contributed by atoms with Crippen LogP contribution in [-0.2, 0) is 17.3 Å². The van der Waals surface area contributed by atoms with E-state index in [2.05, 4.69) is 11.7 Å². The second-order valence-electron chi connectivity index (χ2n) is 5.23. The molecule has 0 spiro atoms. The van der Waals surface area contributed by atoms with Crippen LogP contribution in [0.3, 0.4) is 0 Å². The zero-order valence-electron chi connectivity index (χ0n) is 13.5. The van der Waals surface area contributed by atoms with E-state index in [1.54, 1.807) is 6.07 Å². The first-order valence-corrected chi connectivity index (χ1v) is 9.38. The lowest BCUT2D eigenvalue weighted by atomic mass is 10.3. The number of allylic oxidation sites excluding steroid dienone is 1. The highest BCUT2D eigenvalue weighted by molar-refractivity contribution is 7.84. The molecule has 0 N–H and O–H groups in total. The fourth-order valence-electron chi connectivity index (χ4n) is 2.06. The average molecular weight is 390 g/mol. The molecule has 2 rings (SSSR count). The summed E-state index contributed by atoms with van der Waals surface area (Å²) < 4.78 is 19.8. The van der Waals surface area contributed by atoms with Crippen LogP contribution in [0.1, 0.15) is 13.8 Å². The number of benzene rings is 1. The van der Waals surface area contributed by atoms with Gasteiger partial charge in [0.1, 0.15) is 5.75 Å². The van der Waals surface area contributed by atoms with Gasteiger partial charge >= 0.3 is 5.69 Å². The topological polar surface area (TPSA) is 66.1 Å². The van der Waals surface area contributed by atoms with Gasteiger partial charge in [0.25, 0.3) is 0 Å². The van der Waals surface area contributed by atoms with Gasteiger partial charge in [0, 0.05) is 18.9 Å². The van der Waals surface area contributed by atoms with Crippen LogP contribution in [0.4, 0.5) is 0 Å². The summed E-state index contributed by atoms with van der Waals surface area (Å²) >= 11 is 12.3. The number of aromatic nitrogens is 3. The fraction of sp³-hybridized carbons (Fsp3) is 0.333. The van der Waals surface area contributed by atoms with Crippen LogP contribution in [0.25, 0.3) is 5.69 Å². The Kier molecular flexibility index (Phi) is 5.90. The number of ether oxygens (including phenoxy) is 1. The molecule has 2 aromatic rings. The fourth-order valence-corrected chi connectivity index (χ4v) is 3.23. The molecular weight excluding hydrogens is 373 g/mol. The van der Waals surface area contributed by atoms with E-state index in [-0.39, 0.29) is 22.8 Å². The maximum atomic E-state index is 12.6. The summed E-state index contributed by atoms with van der Waals surface area (Å²) in [4.78, 5) is 12.6. The minimum absolute atomic E-state index is 0.106. The zero-order valence-corrected chi connectivity index (χ0v) is 15.8. The van der Waals surface area contributed by atoms with Gasteiger partial charge in [-0.3, -0.25) is 8.78 Å². The predicted molar refractivity (Wildman–Crippen MR) is 96.1 cm³/mol. The molecule has 0 fully saturated rings. The molecule has 0 aliphatic heterocycles. The quantitative estimate of drug-likeness (QED) is 0.712. The molecule has 1 atom stereocenters.